The smallest absolute Gasteiger partial charge is 0.245 e. The molecule has 3 rings (SSSR count). The van der Waals surface area contributed by atoms with Gasteiger partial charge in [0.2, 0.25) is 53.2 Å². The van der Waals surface area contributed by atoms with Gasteiger partial charge < -0.3 is 85.5 Å². The van der Waals surface area contributed by atoms with Gasteiger partial charge in [0.1, 0.15) is 48.3 Å². The number of hydrogen-bond acceptors (Lipinski definition) is 15. The molecule has 26 nitrogen and oxygen atoms in total. The third-order valence-electron chi connectivity index (χ3n) is 11.7. The van der Waals surface area contributed by atoms with E-state index in [1.54, 1.807) is 76.2 Å². The minimum absolute atomic E-state index is 0.00651. The fourth-order valence-electron chi connectivity index (χ4n) is 7.57. The number of guanidine groups is 1. The summed E-state index contributed by atoms with van der Waals surface area (Å²) >= 11 is 0. The van der Waals surface area contributed by atoms with Crippen molar-refractivity contribution in [2.75, 3.05) is 26.3 Å². The molecule has 2 aromatic carbocycles. The predicted molar refractivity (Wildman–Crippen MR) is 268 cm³/mol. The second-order valence-electron chi connectivity index (χ2n) is 18.6. The van der Waals surface area contributed by atoms with Gasteiger partial charge in [-0.25, -0.2) is 0 Å². The highest BCUT2D eigenvalue weighted by Crippen LogP contribution is 2.18. The van der Waals surface area contributed by atoms with Crippen LogP contribution in [0, 0.1) is 11.8 Å². The summed E-state index contributed by atoms with van der Waals surface area (Å²) in [5, 5.41) is 64.3. The Morgan fingerprint density at radius 2 is 1.09 bits per heavy atom. The summed E-state index contributed by atoms with van der Waals surface area (Å²) in [6.07, 6.45) is -3.44. The first-order valence-electron chi connectivity index (χ1n) is 24.1. The lowest BCUT2D eigenvalue weighted by Crippen LogP contribution is -2.63. The first-order chi connectivity index (χ1) is 35.0. The Bertz CT molecular complexity index is 2250. The third-order valence-corrected chi connectivity index (χ3v) is 11.7. The van der Waals surface area contributed by atoms with Crippen molar-refractivity contribution in [3.8, 4) is 0 Å². The van der Waals surface area contributed by atoms with Gasteiger partial charge in [-0.1, -0.05) is 88.4 Å². The van der Waals surface area contributed by atoms with Gasteiger partial charge in [-0.15, -0.1) is 0 Å². The fourth-order valence-corrected chi connectivity index (χ4v) is 7.57. The van der Waals surface area contributed by atoms with Crippen molar-refractivity contribution in [2.24, 2.45) is 34.0 Å². The van der Waals surface area contributed by atoms with Crippen molar-refractivity contribution >= 4 is 59.1 Å². The molecule has 1 saturated heterocycles. The monoisotopic (exact) mass is 1040 g/mol. The molecule has 1 heterocycles. The SMILES string of the molecule is CC(C)C[C@@H]1NC(=O)[C@H]([C@H](O)C(C)C)NC(=O)[C@@H](N)[C@@H](c2ccccc2)NC(=O)C(CO)NC(=O)[C@H](CO)NC(=O)CNC(=O)[C@H]([C@H](C)O)NC(=O)[C@H](Cc2ccccc2)NC(=O)[C@@H](CCCN=C(N)N)NC1=O. The fraction of sp³-hybridized carbons (Fsp3) is 0.542. The Kier molecular flexibility index (Phi) is 24.8. The molecule has 1 aliphatic heterocycles. The molecular formula is C48H73N13O13. The van der Waals surface area contributed by atoms with E-state index in [4.69, 9.17) is 17.2 Å². The summed E-state index contributed by atoms with van der Waals surface area (Å²) in [6, 6.07) is 1.53. The number of nitrogens with one attached hydrogen (secondary N) is 9. The Labute approximate surface area is 428 Å². The summed E-state index contributed by atoms with van der Waals surface area (Å²) in [7, 11) is 0. The Balaban J connectivity index is 2.19. The molecule has 74 heavy (non-hydrogen) atoms. The van der Waals surface area contributed by atoms with E-state index < -0.39 is 145 Å². The van der Waals surface area contributed by atoms with Gasteiger partial charge in [0.15, 0.2) is 5.96 Å². The highest BCUT2D eigenvalue weighted by molar-refractivity contribution is 5.98. The average Bonchev–Trinajstić information content (AvgIpc) is 3.36. The molecule has 0 saturated carbocycles. The van der Waals surface area contributed by atoms with Gasteiger partial charge in [-0.05, 0) is 49.1 Å². The molecule has 11 atom stereocenters. The quantitative estimate of drug-likeness (QED) is 0.0477. The first-order valence-corrected chi connectivity index (χ1v) is 24.1. The van der Waals surface area contributed by atoms with Crippen LogP contribution in [-0.2, 0) is 49.6 Å². The Morgan fingerprint density at radius 1 is 0.595 bits per heavy atom. The van der Waals surface area contributed by atoms with Crippen LogP contribution in [0.2, 0.25) is 0 Å². The van der Waals surface area contributed by atoms with Crippen molar-refractivity contribution in [3.05, 3.63) is 71.8 Å². The van der Waals surface area contributed by atoms with Crippen molar-refractivity contribution < 1.29 is 63.6 Å². The number of carbonyl (C=O) groups is 9. The number of nitrogens with two attached hydrogens (primary N) is 3. The van der Waals surface area contributed by atoms with Crippen molar-refractivity contribution in [1.82, 2.24) is 47.9 Å². The summed E-state index contributed by atoms with van der Waals surface area (Å²) < 4.78 is 0. The van der Waals surface area contributed by atoms with Crippen LogP contribution in [0.25, 0.3) is 0 Å². The van der Waals surface area contributed by atoms with Crippen molar-refractivity contribution in [2.45, 2.75) is 127 Å². The minimum atomic E-state index is -1.78. The summed E-state index contributed by atoms with van der Waals surface area (Å²) in [6.45, 7) is 4.82. The molecular weight excluding hydrogens is 967 g/mol. The zero-order chi connectivity index (χ0) is 55.2. The van der Waals surface area contributed by atoms with E-state index in [2.05, 4.69) is 52.8 Å². The van der Waals surface area contributed by atoms with Gasteiger partial charge in [0, 0.05) is 13.0 Å². The maximum absolute atomic E-state index is 14.4. The largest absolute Gasteiger partial charge is 0.394 e. The number of aliphatic hydroxyl groups excluding tert-OH is 4. The van der Waals surface area contributed by atoms with Crippen LogP contribution in [0.1, 0.15) is 71.0 Å². The molecule has 9 amide bonds. The van der Waals surface area contributed by atoms with E-state index in [0.717, 1.165) is 0 Å². The summed E-state index contributed by atoms with van der Waals surface area (Å²) in [5.41, 5.74) is 18.3. The lowest BCUT2D eigenvalue weighted by Gasteiger charge is -2.32. The zero-order valence-corrected chi connectivity index (χ0v) is 42.1. The molecule has 0 aliphatic carbocycles. The van der Waals surface area contributed by atoms with E-state index in [1.165, 1.54) is 19.1 Å². The van der Waals surface area contributed by atoms with E-state index in [0.29, 0.717) is 5.56 Å². The highest BCUT2D eigenvalue weighted by Gasteiger charge is 2.39. The van der Waals surface area contributed by atoms with E-state index in [9.17, 15) is 63.6 Å². The normalized spacial score (nSPS) is 25.7. The molecule has 2 aromatic rings. The van der Waals surface area contributed by atoms with Gasteiger partial charge >= 0.3 is 0 Å². The van der Waals surface area contributed by atoms with Gasteiger partial charge in [0.25, 0.3) is 0 Å². The minimum Gasteiger partial charge on any atom is -0.394 e. The molecule has 0 spiro atoms. The third kappa shape index (κ3) is 19.3. The van der Waals surface area contributed by atoms with Gasteiger partial charge in [0.05, 0.1) is 38.0 Å². The van der Waals surface area contributed by atoms with Gasteiger partial charge in [-0.2, -0.15) is 0 Å². The maximum atomic E-state index is 14.4. The molecule has 0 bridgehead atoms. The second kappa shape index (κ2) is 30.1. The number of aliphatic imine (C=N–C) groups is 1. The average molecular weight is 1040 g/mol. The van der Waals surface area contributed by atoms with Crippen LogP contribution in [0.15, 0.2) is 65.7 Å². The molecule has 408 valence electrons. The number of nitrogens with zero attached hydrogens (tertiary/aromatic N) is 1. The number of aliphatic hydroxyl groups is 4. The maximum Gasteiger partial charge on any atom is 0.245 e. The summed E-state index contributed by atoms with van der Waals surface area (Å²) in [5.74, 6) is -10.5. The number of rotatable bonds is 14. The number of benzene rings is 2. The summed E-state index contributed by atoms with van der Waals surface area (Å²) in [4.78, 5) is 129. The van der Waals surface area contributed by atoms with E-state index in [1.807, 2.05) is 0 Å². The molecule has 0 aromatic heterocycles. The number of amides is 9. The molecule has 1 fully saturated rings. The molecule has 26 heteroatoms. The van der Waals surface area contributed by atoms with E-state index >= 15 is 0 Å². The molecule has 1 aliphatic rings. The lowest BCUT2D eigenvalue weighted by molar-refractivity contribution is -0.137. The topological polar surface area (TPSA) is 433 Å². The van der Waals surface area contributed by atoms with Crippen molar-refractivity contribution in [3.63, 3.8) is 0 Å². The van der Waals surface area contributed by atoms with Crippen molar-refractivity contribution in [1.29, 1.82) is 0 Å². The Hall–Kier alpha value is -7.26. The molecule has 1 unspecified atom stereocenters. The van der Waals surface area contributed by atoms with Crippen LogP contribution in [-0.4, -0.2) is 166 Å². The van der Waals surface area contributed by atoms with Crippen LogP contribution >= 0.6 is 0 Å². The lowest BCUT2D eigenvalue weighted by atomic mass is 9.95. The molecule has 19 N–H and O–H groups in total. The van der Waals surface area contributed by atoms with Crippen LogP contribution < -0.4 is 65.1 Å². The number of hydrogen-bond donors (Lipinski definition) is 16. The van der Waals surface area contributed by atoms with E-state index in [-0.39, 0.29) is 49.7 Å². The van der Waals surface area contributed by atoms with Crippen LogP contribution in [0.4, 0.5) is 0 Å². The van der Waals surface area contributed by atoms with Gasteiger partial charge in [-0.3, -0.25) is 48.1 Å². The Morgan fingerprint density at radius 3 is 1.66 bits per heavy atom. The van der Waals surface area contributed by atoms with Crippen LogP contribution in [0.5, 0.6) is 0 Å². The number of carbonyl (C=O) groups excluding carboxylic acids is 9. The standard InChI is InChI=1S/C48H73N13O13/c1-24(2)19-30-41(68)55-29(17-12-18-52-48(50)51)40(67)56-31(20-27-13-8-6-9-14-27)42(69)59-36(26(5)64)46(73)53-21-34(65)54-32(22-62)43(70)58-33(23-63)44(71)60-37(28-15-10-7-11-16-28)35(49)45(72)61-38(47(74)57-30)39(66)25(3)4/h6-11,13-16,24-26,29-33,35-39,62-64,66H,12,17-23,49H2,1-5H3,(H,53,73)(H,54,65)(H,55,68)(H,56,67)(H,57,74)(H,58,70)(H,59,69)(H,60,71)(H,61,72)(H4,50,51,52)/t26-,29+,30-,31-,32-,33?,35-,36-,37+,38-,39+/m0/s1. The second-order valence-corrected chi connectivity index (χ2v) is 18.6. The predicted octanol–water partition coefficient (Wildman–Crippen LogP) is -5.58. The molecule has 0 radical (unpaired) electrons. The highest BCUT2D eigenvalue weighted by atomic mass is 16.3. The van der Waals surface area contributed by atoms with Crippen LogP contribution in [0.3, 0.4) is 0 Å². The first kappa shape index (κ1) is 61.0. The zero-order valence-electron chi connectivity index (χ0n) is 42.1.